The van der Waals surface area contributed by atoms with Gasteiger partial charge in [-0.15, -0.1) is 0 Å². The van der Waals surface area contributed by atoms with E-state index < -0.39 is 6.04 Å². The van der Waals surface area contributed by atoms with Gasteiger partial charge >= 0.3 is 0 Å². The molecule has 1 N–H and O–H groups in total. The van der Waals surface area contributed by atoms with Gasteiger partial charge in [-0.05, 0) is 11.6 Å². The summed E-state index contributed by atoms with van der Waals surface area (Å²) in [6.07, 6.45) is 8.37. The van der Waals surface area contributed by atoms with Crippen LogP contribution in [0.1, 0.15) is 17.3 Å². The topological polar surface area (TPSA) is 98.1 Å². The zero-order valence-corrected chi connectivity index (χ0v) is 14.8. The van der Waals surface area contributed by atoms with Gasteiger partial charge in [-0.1, -0.05) is 6.07 Å². The van der Waals surface area contributed by atoms with Gasteiger partial charge in [-0.25, -0.2) is 15.0 Å². The average molecular weight is 365 g/mol. The van der Waals surface area contributed by atoms with Crippen molar-refractivity contribution in [3.8, 4) is 5.88 Å². The lowest BCUT2D eigenvalue weighted by Gasteiger charge is -2.34. The number of hydrogen-bond donors (Lipinski definition) is 1. The van der Waals surface area contributed by atoms with E-state index in [1.807, 2.05) is 21.6 Å². The summed E-state index contributed by atoms with van der Waals surface area (Å²) in [5.74, 6) is 1.11. The summed E-state index contributed by atoms with van der Waals surface area (Å²) >= 11 is 0. The molecule has 1 aliphatic rings. The standard InChI is InChI=1S/C18H19N7O2/c1-27-17-5-16(22-11-23-17)24-9-14-8-20-12-25(14)15(10-24)18(26)21-7-13-3-2-4-19-6-13/h2-6,8,11-12,15H,7,9-10H2,1H3,(H,21,26)/t15-/m1/s1. The van der Waals surface area contributed by atoms with E-state index in [1.54, 1.807) is 38.1 Å². The second-order valence-electron chi connectivity index (χ2n) is 6.19. The number of carbonyl (C=O) groups is 1. The molecule has 27 heavy (non-hydrogen) atoms. The molecule has 0 radical (unpaired) electrons. The molecule has 138 valence electrons. The van der Waals surface area contributed by atoms with Crippen LogP contribution in [-0.4, -0.2) is 44.1 Å². The SMILES string of the molecule is COc1cc(N2Cc3cncn3[C@@H](C(=O)NCc3cccnc3)C2)ncn1. The minimum absolute atomic E-state index is 0.0798. The summed E-state index contributed by atoms with van der Waals surface area (Å²) in [6, 6.07) is 5.13. The van der Waals surface area contributed by atoms with Gasteiger partial charge in [0.25, 0.3) is 0 Å². The molecule has 1 atom stereocenters. The molecule has 4 rings (SSSR count). The van der Waals surface area contributed by atoms with E-state index >= 15 is 0 Å². The molecule has 1 aliphatic heterocycles. The van der Waals surface area contributed by atoms with Gasteiger partial charge in [0.2, 0.25) is 11.8 Å². The van der Waals surface area contributed by atoms with Gasteiger partial charge < -0.3 is 19.5 Å². The predicted octanol–water partition coefficient (Wildman–Crippen LogP) is 0.954. The summed E-state index contributed by atoms with van der Waals surface area (Å²) < 4.78 is 7.09. The van der Waals surface area contributed by atoms with Crippen LogP contribution in [0, 0.1) is 0 Å². The average Bonchev–Trinajstić information content (AvgIpc) is 3.21. The molecule has 0 fully saturated rings. The summed E-state index contributed by atoms with van der Waals surface area (Å²) in [4.78, 5) is 31.5. The van der Waals surface area contributed by atoms with Crippen LogP contribution in [0.15, 0.2) is 49.4 Å². The molecule has 0 aromatic carbocycles. The first-order valence-electron chi connectivity index (χ1n) is 8.53. The van der Waals surface area contributed by atoms with Crippen molar-refractivity contribution in [3.05, 3.63) is 60.7 Å². The minimum atomic E-state index is -0.408. The van der Waals surface area contributed by atoms with Crippen molar-refractivity contribution in [1.82, 2.24) is 29.8 Å². The van der Waals surface area contributed by atoms with Gasteiger partial charge in [0, 0.05) is 37.7 Å². The first kappa shape index (κ1) is 17.0. The number of carbonyl (C=O) groups excluding carboxylic acids is 1. The fourth-order valence-electron chi connectivity index (χ4n) is 3.10. The molecule has 9 nitrogen and oxygen atoms in total. The van der Waals surface area contributed by atoms with Crippen LogP contribution < -0.4 is 15.0 Å². The first-order valence-corrected chi connectivity index (χ1v) is 8.53. The second-order valence-corrected chi connectivity index (χ2v) is 6.19. The highest BCUT2D eigenvalue weighted by molar-refractivity contribution is 5.81. The normalized spacial score (nSPS) is 15.9. The van der Waals surface area contributed by atoms with Crippen molar-refractivity contribution in [2.75, 3.05) is 18.6 Å². The molecule has 4 heterocycles. The highest BCUT2D eigenvalue weighted by Gasteiger charge is 2.31. The molecule has 0 saturated heterocycles. The number of hydrogen-bond acceptors (Lipinski definition) is 7. The van der Waals surface area contributed by atoms with Crippen LogP contribution in [0.5, 0.6) is 5.88 Å². The van der Waals surface area contributed by atoms with Crippen molar-refractivity contribution < 1.29 is 9.53 Å². The Labute approximate surface area is 156 Å². The van der Waals surface area contributed by atoms with Gasteiger partial charge in [0.1, 0.15) is 18.2 Å². The predicted molar refractivity (Wildman–Crippen MR) is 97.0 cm³/mol. The number of pyridine rings is 1. The van der Waals surface area contributed by atoms with Crippen LogP contribution in [0.2, 0.25) is 0 Å². The Balaban J connectivity index is 1.53. The maximum absolute atomic E-state index is 12.9. The Morgan fingerprint density at radius 2 is 2.26 bits per heavy atom. The number of aromatic nitrogens is 5. The van der Waals surface area contributed by atoms with Crippen LogP contribution in [-0.2, 0) is 17.9 Å². The number of nitrogens with zero attached hydrogens (tertiary/aromatic N) is 6. The van der Waals surface area contributed by atoms with Gasteiger partial charge in [0.15, 0.2) is 0 Å². The Morgan fingerprint density at radius 3 is 3.07 bits per heavy atom. The van der Waals surface area contributed by atoms with Crippen LogP contribution in [0.25, 0.3) is 0 Å². The lowest BCUT2D eigenvalue weighted by Crippen LogP contribution is -2.44. The number of amides is 1. The maximum Gasteiger partial charge on any atom is 0.245 e. The van der Waals surface area contributed by atoms with Gasteiger partial charge in [0.05, 0.1) is 25.7 Å². The fraction of sp³-hybridized carbons (Fsp3) is 0.278. The van der Waals surface area contributed by atoms with E-state index in [2.05, 4.69) is 25.3 Å². The number of imidazole rings is 1. The molecule has 0 saturated carbocycles. The third-order valence-electron chi connectivity index (χ3n) is 4.48. The molecule has 3 aromatic rings. The lowest BCUT2D eigenvalue weighted by molar-refractivity contribution is -0.124. The highest BCUT2D eigenvalue weighted by Crippen LogP contribution is 2.26. The quantitative estimate of drug-likeness (QED) is 0.719. The molecule has 0 spiro atoms. The zero-order valence-electron chi connectivity index (χ0n) is 14.8. The molecule has 3 aromatic heterocycles. The Morgan fingerprint density at radius 1 is 1.33 bits per heavy atom. The van der Waals surface area contributed by atoms with Crippen molar-refractivity contribution in [3.63, 3.8) is 0 Å². The zero-order chi connectivity index (χ0) is 18.6. The number of rotatable bonds is 5. The van der Waals surface area contributed by atoms with E-state index in [4.69, 9.17) is 4.74 Å². The Kier molecular flexibility index (Phi) is 4.65. The fourth-order valence-corrected chi connectivity index (χ4v) is 3.10. The molecule has 1 amide bonds. The largest absolute Gasteiger partial charge is 0.481 e. The van der Waals surface area contributed by atoms with E-state index in [0.29, 0.717) is 31.3 Å². The second kappa shape index (κ2) is 7.40. The highest BCUT2D eigenvalue weighted by atomic mass is 16.5. The van der Waals surface area contributed by atoms with E-state index in [1.165, 1.54) is 6.33 Å². The number of anilines is 1. The maximum atomic E-state index is 12.9. The molecule has 0 bridgehead atoms. The van der Waals surface area contributed by atoms with Crippen molar-refractivity contribution in [2.24, 2.45) is 0 Å². The third-order valence-corrected chi connectivity index (χ3v) is 4.48. The summed E-state index contributed by atoms with van der Waals surface area (Å²) in [6.45, 7) is 1.50. The van der Waals surface area contributed by atoms with Crippen LogP contribution >= 0.6 is 0 Å². The van der Waals surface area contributed by atoms with Crippen molar-refractivity contribution >= 4 is 11.7 Å². The van der Waals surface area contributed by atoms with Gasteiger partial charge in [-0.3, -0.25) is 9.78 Å². The summed E-state index contributed by atoms with van der Waals surface area (Å²) in [5, 5.41) is 2.98. The molecule has 0 aliphatic carbocycles. The number of ether oxygens (including phenoxy) is 1. The first-order chi connectivity index (χ1) is 13.2. The summed E-state index contributed by atoms with van der Waals surface area (Å²) in [5.41, 5.74) is 1.89. The van der Waals surface area contributed by atoms with E-state index in [9.17, 15) is 4.79 Å². The third kappa shape index (κ3) is 3.57. The smallest absolute Gasteiger partial charge is 0.245 e. The molecule has 0 unspecified atom stereocenters. The monoisotopic (exact) mass is 365 g/mol. The van der Waals surface area contributed by atoms with Gasteiger partial charge in [-0.2, -0.15) is 0 Å². The Bertz CT molecular complexity index is 928. The lowest BCUT2D eigenvalue weighted by atomic mass is 10.1. The molecular formula is C18H19N7O2. The Hall–Kier alpha value is -3.49. The summed E-state index contributed by atoms with van der Waals surface area (Å²) in [7, 11) is 1.56. The number of methoxy groups -OCH3 is 1. The van der Waals surface area contributed by atoms with Crippen molar-refractivity contribution in [2.45, 2.75) is 19.1 Å². The number of nitrogens with one attached hydrogen (secondary N) is 1. The molecule has 9 heteroatoms. The number of fused-ring (bicyclic) bond motifs is 1. The van der Waals surface area contributed by atoms with E-state index in [0.717, 1.165) is 11.3 Å². The minimum Gasteiger partial charge on any atom is -0.481 e. The van der Waals surface area contributed by atoms with Crippen LogP contribution in [0.4, 0.5) is 5.82 Å². The van der Waals surface area contributed by atoms with Crippen molar-refractivity contribution in [1.29, 1.82) is 0 Å². The van der Waals surface area contributed by atoms with E-state index in [-0.39, 0.29) is 5.91 Å². The van der Waals surface area contributed by atoms with Crippen LogP contribution in [0.3, 0.4) is 0 Å². The molecular weight excluding hydrogens is 346 g/mol.